The number of halogens is 1. The molecule has 0 aromatic heterocycles. The molecule has 6 N–H and O–H groups in total. The minimum atomic E-state index is 0. The minimum absolute atomic E-state index is 0. The van der Waals surface area contributed by atoms with Crippen LogP contribution in [0.1, 0.15) is 0 Å². The van der Waals surface area contributed by atoms with Crippen molar-refractivity contribution in [3.05, 3.63) is 0 Å². The van der Waals surface area contributed by atoms with Gasteiger partial charge >= 0.3 is 25.2 Å². The Morgan fingerprint density at radius 3 is 0.800 bits per heavy atom. The molecule has 0 aliphatic rings. The molecule has 0 aromatic carbocycles. The van der Waals surface area contributed by atoms with Crippen LogP contribution in [0.5, 0.6) is 0 Å². The molecule has 0 radical (unpaired) electrons. The third kappa shape index (κ3) is 71.4. The van der Waals surface area contributed by atoms with Crippen LogP contribution >= 0.6 is 10.1 Å². The van der Waals surface area contributed by atoms with E-state index in [4.69, 9.17) is 0 Å². The zero-order valence-electron chi connectivity index (χ0n) is 2.26. The first-order chi connectivity index (χ1) is 1.00. The zero-order valence-corrected chi connectivity index (χ0v) is 4.19. The molecule has 38 valence electrons. The summed E-state index contributed by atoms with van der Waals surface area (Å²) in [5.74, 6) is 0. The van der Waals surface area contributed by atoms with E-state index in [2.05, 4.69) is 25.2 Å². The molecule has 0 aliphatic heterocycles. The van der Waals surface area contributed by atoms with Crippen molar-refractivity contribution in [1.29, 1.82) is 0 Å². The fourth-order valence-corrected chi connectivity index (χ4v) is 0. The van der Waals surface area contributed by atoms with Gasteiger partial charge in [0.2, 0.25) is 0 Å². The Morgan fingerprint density at radius 1 is 0.800 bits per heavy atom. The second-order valence-corrected chi connectivity index (χ2v) is 0. The standard InChI is InChI=1S/ClH.Mn.3H2O/h1H;;3*1H2/q;+1;;;/p-1. The predicted molar refractivity (Wildman–Crippen MR) is 16.7 cm³/mol. The Balaban J connectivity index is -0.00000000167. The van der Waals surface area contributed by atoms with Gasteiger partial charge in [-0.1, -0.05) is 0 Å². The van der Waals surface area contributed by atoms with Crippen LogP contribution in [0.25, 0.3) is 0 Å². The molecule has 0 atom stereocenters. The quantitative estimate of drug-likeness (QED) is 0.359. The summed E-state index contributed by atoms with van der Waals surface area (Å²) >= 11 is 2.41. The molecule has 0 rings (SSSR count). The van der Waals surface area contributed by atoms with Gasteiger partial charge in [-0.2, -0.15) is 0 Å². The Morgan fingerprint density at radius 2 is 0.800 bits per heavy atom. The van der Waals surface area contributed by atoms with Crippen LogP contribution in [0.2, 0.25) is 0 Å². The van der Waals surface area contributed by atoms with Crippen LogP contribution in [0, 0.1) is 0 Å². The second kappa shape index (κ2) is 134. The van der Waals surface area contributed by atoms with Gasteiger partial charge in [-0.15, -0.1) is 0 Å². The number of hydrogen-bond acceptors (Lipinski definition) is 0. The summed E-state index contributed by atoms with van der Waals surface area (Å²) in [6.07, 6.45) is 0. The van der Waals surface area contributed by atoms with E-state index in [1.165, 1.54) is 0 Å². The van der Waals surface area contributed by atoms with Crippen LogP contribution in [-0.2, 0) is 15.1 Å². The molecule has 0 saturated heterocycles. The van der Waals surface area contributed by atoms with Crippen LogP contribution < -0.4 is 0 Å². The van der Waals surface area contributed by atoms with Crippen molar-refractivity contribution >= 4 is 10.1 Å². The van der Waals surface area contributed by atoms with E-state index in [1.54, 1.807) is 0 Å². The first kappa shape index (κ1) is 43.8. The number of rotatable bonds is 0. The Hall–Kier alpha value is 0.689. The van der Waals surface area contributed by atoms with Gasteiger partial charge in [-0.25, -0.2) is 0 Å². The van der Waals surface area contributed by atoms with Gasteiger partial charge in [0.25, 0.3) is 0 Å². The summed E-state index contributed by atoms with van der Waals surface area (Å²) in [6, 6.07) is 0. The van der Waals surface area contributed by atoms with Crippen LogP contribution in [0.3, 0.4) is 0 Å². The molecular weight excluding hydrogens is 138 g/mol. The Bertz CT molecular complexity index is 6.85. The third-order valence-electron chi connectivity index (χ3n) is 0. The molecule has 0 amide bonds. The van der Waals surface area contributed by atoms with Crippen LogP contribution in [0.15, 0.2) is 0 Å². The average Bonchev–Trinajstić information content (AvgIpc) is 1.00. The summed E-state index contributed by atoms with van der Waals surface area (Å²) in [5, 5.41) is 0. The predicted octanol–water partition coefficient (Wildman–Crippen LogP) is -1.79. The monoisotopic (exact) mass is 144 g/mol. The van der Waals surface area contributed by atoms with E-state index in [0.717, 1.165) is 0 Å². The number of hydrogen-bond donors (Lipinski definition) is 0. The molecule has 5 heavy (non-hydrogen) atoms. The van der Waals surface area contributed by atoms with Crippen LogP contribution in [-0.4, -0.2) is 16.4 Å². The summed E-state index contributed by atoms with van der Waals surface area (Å²) < 4.78 is 0. The van der Waals surface area contributed by atoms with E-state index < -0.39 is 0 Å². The maximum absolute atomic E-state index is 4.45. The molecule has 0 unspecified atom stereocenters. The summed E-state index contributed by atoms with van der Waals surface area (Å²) in [6.45, 7) is 0. The van der Waals surface area contributed by atoms with E-state index in [1.807, 2.05) is 0 Å². The normalized spacial score (nSPS) is 1.20. The van der Waals surface area contributed by atoms with E-state index >= 15 is 0 Å². The second-order valence-electron chi connectivity index (χ2n) is 0. The van der Waals surface area contributed by atoms with E-state index in [0.29, 0.717) is 0 Å². The molecule has 3 nitrogen and oxygen atoms in total. The van der Waals surface area contributed by atoms with Gasteiger partial charge in [0.05, 0.1) is 0 Å². The first-order valence-corrected chi connectivity index (χ1v) is 1.77. The Kier molecular flexibility index (Phi) is 1180. The Labute approximate surface area is 42.3 Å². The summed E-state index contributed by atoms with van der Waals surface area (Å²) in [5.41, 5.74) is 0. The van der Waals surface area contributed by atoms with Crippen molar-refractivity contribution in [2.24, 2.45) is 0 Å². The molecular formula is H6ClMnO3. The third-order valence-corrected chi connectivity index (χ3v) is 0. The fraction of sp³-hybridized carbons (Fsp3) is 0. The molecule has 0 fully saturated rings. The van der Waals surface area contributed by atoms with Crippen molar-refractivity contribution in [2.75, 3.05) is 0 Å². The molecule has 5 heteroatoms. The van der Waals surface area contributed by atoms with E-state index in [9.17, 15) is 0 Å². The first-order valence-electron chi connectivity index (χ1n) is 0.143. The van der Waals surface area contributed by atoms with Gasteiger partial charge < -0.3 is 16.4 Å². The van der Waals surface area contributed by atoms with Crippen molar-refractivity contribution < 1.29 is 31.5 Å². The van der Waals surface area contributed by atoms with Crippen molar-refractivity contribution in [1.82, 2.24) is 0 Å². The summed E-state index contributed by atoms with van der Waals surface area (Å²) in [7, 11) is 4.45. The topological polar surface area (TPSA) is 94.5 Å². The van der Waals surface area contributed by atoms with Gasteiger partial charge in [-0.3, -0.25) is 0 Å². The molecule has 0 aromatic rings. The van der Waals surface area contributed by atoms with Gasteiger partial charge in [0.1, 0.15) is 0 Å². The maximum atomic E-state index is 4.45. The molecule has 0 saturated carbocycles. The van der Waals surface area contributed by atoms with Gasteiger partial charge in [0, 0.05) is 0 Å². The molecule has 0 bridgehead atoms. The molecule has 0 heterocycles. The van der Waals surface area contributed by atoms with E-state index in [-0.39, 0.29) is 16.4 Å². The van der Waals surface area contributed by atoms with Crippen molar-refractivity contribution in [3.63, 3.8) is 0 Å². The van der Waals surface area contributed by atoms with Crippen LogP contribution in [0.4, 0.5) is 0 Å². The zero-order chi connectivity index (χ0) is 2.00. The van der Waals surface area contributed by atoms with Crippen molar-refractivity contribution in [2.45, 2.75) is 0 Å². The van der Waals surface area contributed by atoms with Gasteiger partial charge in [0.15, 0.2) is 0 Å². The van der Waals surface area contributed by atoms with Crippen molar-refractivity contribution in [3.8, 4) is 0 Å². The molecule has 0 aliphatic carbocycles. The average molecular weight is 144 g/mol. The molecule has 0 spiro atoms. The van der Waals surface area contributed by atoms with Gasteiger partial charge in [-0.05, 0) is 0 Å². The summed E-state index contributed by atoms with van der Waals surface area (Å²) in [4.78, 5) is 0. The fourth-order valence-electron chi connectivity index (χ4n) is 0. The SMILES string of the molecule is O.O.O.[Cl][Mn].